The summed E-state index contributed by atoms with van der Waals surface area (Å²) in [7, 11) is 3.17. The molecule has 4 rings (SSSR count). The summed E-state index contributed by atoms with van der Waals surface area (Å²) in [6.07, 6.45) is 3.92. The molecule has 1 aliphatic heterocycles. The van der Waals surface area contributed by atoms with E-state index in [0.29, 0.717) is 30.0 Å². The largest absolute Gasteiger partial charge is 0.493 e. The van der Waals surface area contributed by atoms with Crippen LogP contribution in [0.5, 0.6) is 17.2 Å². The standard InChI is InChI=1S/C30H30N2O5/c1-20-24(18-23-11-7-8-12-26(23)37-20)19-25(32-29(33)22-9-5-4-6-10-22)30(34)31-16-15-21-13-14-27(35-2)28(17-21)36-3/h4-14,17-20H,15-16H2,1-3H3,(H,31,34)(H,32,33)/b25-19+/t20-/m1/s1. The van der Waals surface area contributed by atoms with Gasteiger partial charge in [-0.15, -0.1) is 0 Å². The van der Waals surface area contributed by atoms with Gasteiger partial charge < -0.3 is 24.8 Å². The number of amides is 2. The third-order valence-electron chi connectivity index (χ3n) is 6.00. The quantitative estimate of drug-likeness (QED) is 0.423. The molecule has 2 amide bonds. The molecule has 2 N–H and O–H groups in total. The Kier molecular flexibility index (Phi) is 8.26. The van der Waals surface area contributed by atoms with Crippen molar-refractivity contribution in [1.82, 2.24) is 10.6 Å². The number of hydrogen-bond donors (Lipinski definition) is 2. The summed E-state index contributed by atoms with van der Waals surface area (Å²) in [5, 5.41) is 5.70. The highest BCUT2D eigenvalue weighted by atomic mass is 16.5. The molecule has 0 spiro atoms. The van der Waals surface area contributed by atoms with Crippen LogP contribution in [0.4, 0.5) is 0 Å². The number of benzene rings is 3. The number of methoxy groups -OCH3 is 2. The van der Waals surface area contributed by atoms with Crippen LogP contribution in [0.15, 0.2) is 90.1 Å². The van der Waals surface area contributed by atoms with E-state index in [-0.39, 0.29) is 17.7 Å². The minimum atomic E-state index is -0.392. The van der Waals surface area contributed by atoms with Gasteiger partial charge in [0.05, 0.1) is 14.2 Å². The molecule has 0 unspecified atom stereocenters. The molecule has 0 saturated heterocycles. The number of ether oxygens (including phenoxy) is 3. The zero-order valence-electron chi connectivity index (χ0n) is 21.1. The third-order valence-corrected chi connectivity index (χ3v) is 6.00. The summed E-state index contributed by atoms with van der Waals surface area (Å²) >= 11 is 0. The fourth-order valence-electron chi connectivity index (χ4n) is 3.98. The van der Waals surface area contributed by atoms with E-state index in [2.05, 4.69) is 10.6 Å². The first kappa shape index (κ1) is 25.6. The second-order valence-corrected chi connectivity index (χ2v) is 8.52. The van der Waals surface area contributed by atoms with E-state index in [1.165, 1.54) is 0 Å². The van der Waals surface area contributed by atoms with Crippen LogP contribution < -0.4 is 24.8 Å². The van der Waals surface area contributed by atoms with Gasteiger partial charge in [0, 0.05) is 17.7 Å². The lowest BCUT2D eigenvalue weighted by molar-refractivity contribution is -0.117. The minimum absolute atomic E-state index is 0.141. The molecular weight excluding hydrogens is 468 g/mol. The Bertz CT molecular complexity index is 1330. The van der Waals surface area contributed by atoms with Gasteiger partial charge in [-0.1, -0.05) is 42.5 Å². The second kappa shape index (κ2) is 11.9. The Labute approximate surface area is 216 Å². The second-order valence-electron chi connectivity index (χ2n) is 8.52. The van der Waals surface area contributed by atoms with Gasteiger partial charge in [0.15, 0.2) is 11.5 Å². The Morgan fingerprint density at radius 1 is 0.946 bits per heavy atom. The van der Waals surface area contributed by atoms with Gasteiger partial charge in [0.2, 0.25) is 0 Å². The molecule has 190 valence electrons. The number of hydrogen-bond acceptors (Lipinski definition) is 5. The number of rotatable bonds is 9. The number of carbonyl (C=O) groups excluding carboxylic acids is 2. The Balaban J connectivity index is 1.53. The van der Waals surface area contributed by atoms with E-state index < -0.39 is 5.91 Å². The SMILES string of the molecule is COc1ccc(CCNC(=O)/C(=C\C2=Cc3ccccc3O[C@@H]2C)NC(=O)c2ccccc2)cc1OC. The van der Waals surface area contributed by atoms with E-state index in [1.54, 1.807) is 44.6 Å². The molecule has 0 aliphatic carbocycles. The summed E-state index contributed by atoms with van der Waals surface area (Å²) in [6.45, 7) is 2.27. The van der Waals surface area contributed by atoms with Crippen LogP contribution in [-0.2, 0) is 11.2 Å². The molecule has 3 aromatic rings. The van der Waals surface area contributed by atoms with Crippen molar-refractivity contribution in [2.24, 2.45) is 0 Å². The summed E-state index contributed by atoms with van der Waals surface area (Å²) in [6, 6.07) is 22.1. The average Bonchev–Trinajstić information content (AvgIpc) is 2.93. The molecule has 7 nitrogen and oxygen atoms in total. The van der Waals surface area contributed by atoms with E-state index in [4.69, 9.17) is 14.2 Å². The molecule has 0 radical (unpaired) electrons. The van der Waals surface area contributed by atoms with Crippen molar-refractivity contribution < 1.29 is 23.8 Å². The Morgan fingerprint density at radius 2 is 1.68 bits per heavy atom. The van der Waals surface area contributed by atoms with Crippen LogP contribution in [0, 0.1) is 0 Å². The monoisotopic (exact) mass is 498 g/mol. The van der Waals surface area contributed by atoms with Crippen LogP contribution in [-0.4, -0.2) is 38.7 Å². The first-order valence-electron chi connectivity index (χ1n) is 12.0. The summed E-state index contributed by atoms with van der Waals surface area (Å²) in [5.74, 6) is 1.29. The van der Waals surface area contributed by atoms with Crippen LogP contribution >= 0.6 is 0 Å². The van der Waals surface area contributed by atoms with Crippen LogP contribution in [0.2, 0.25) is 0 Å². The summed E-state index contributed by atoms with van der Waals surface area (Å²) in [5.41, 5.74) is 3.26. The molecule has 0 aromatic heterocycles. The van der Waals surface area contributed by atoms with E-state index in [0.717, 1.165) is 22.4 Å². The van der Waals surface area contributed by atoms with Crippen molar-refractivity contribution in [2.75, 3.05) is 20.8 Å². The van der Waals surface area contributed by atoms with Gasteiger partial charge in [-0.25, -0.2) is 0 Å². The predicted octanol–water partition coefficient (Wildman–Crippen LogP) is 4.54. The molecule has 1 heterocycles. The topological polar surface area (TPSA) is 85.9 Å². The van der Waals surface area contributed by atoms with Crippen molar-refractivity contribution in [3.05, 3.63) is 107 Å². The molecular formula is C30H30N2O5. The number of carbonyl (C=O) groups is 2. The fraction of sp³-hybridized carbons (Fsp3) is 0.200. The molecule has 1 atom stereocenters. The zero-order valence-corrected chi connectivity index (χ0v) is 21.1. The lowest BCUT2D eigenvalue weighted by Crippen LogP contribution is -2.36. The molecule has 0 saturated carbocycles. The maximum absolute atomic E-state index is 13.2. The lowest BCUT2D eigenvalue weighted by Gasteiger charge is -2.23. The number of para-hydroxylation sites is 1. The highest BCUT2D eigenvalue weighted by Gasteiger charge is 2.21. The molecule has 3 aromatic carbocycles. The predicted molar refractivity (Wildman–Crippen MR) is 143 cm³/mol. The summed E-state index contributed by atoms with van der Waals surface area (Å²) < 4.78 is 16.7. The van der Waals surface area contributed by atoms with Crippen LogP contribution in [0.1, 0.15) is 28.4 Å². The van der Waals surface area contributed by atoms with Gasteiger partial charge in [-0.05, 0) is 67.0 Å². The van der Waals surface area contributed by atoms with Gasteiger partial charge in [-0.3, -0.25) is 9.59 Å². The van der Waals surface area contributed by atoms with Gasteiger partial charge in [-0.2, -0.15) is 0 Å². The molecule has 7 heteroatoms. The molecule has 37 heavy (non-hydrogen) atoms. The molecule has 1 aliphatic rings. The molecule has 0 fully saturated rings. The van der Waals surface area contributed by atoms with Gasteiger partial charge in [0.1, 0.15) is 17.6 Å². The van der Waals surface area contributed by atoms with Gasteiger partial charge >= 0.3 is 0 Å². The minimum Gasteiger partial charge on any atom is -0.493 e. The van der Waals surface area contributed by atoms with Gasteiger partial charge in [0.25, 0.3) is 11.8 Å². The van der Waals surface area contributed by atoms with Crippen LogP contribution in [0.3, 0.4) is 0 Å². The highest BCUT2D eigenvalue weighted by Crippen LogP contribution is 2.30. The van der Waals surface area contributed by atoms with Crippen molar-refractivity contribution in [3.8, 4) is 17.2 Å². The van der Waals surface area contributed by atoms with E-state index in [9.17, 15) is 9.59 Å². The lowest BCUT2D eigenvalue weighted by atomic mass is 10.0. The molecule has 0 bridgehead atoms. The van der Waals surface area contributed by atoms with E-state index >= 15 is 0 Å². The highest BCUT2D eigenvalue weighted by molar-refractivity contribution is 6.03. The zero-order chi connectivity index (χ0) is 26.2. The first-order valence-corrected chi connectivity index (χ1v) is 12.0. The Hall–Kier alpha value is -4.52. The van der Waals surface area contributed by atoms with Crippen molar-refractivity contribution in [1.29, 1.82) is 0 Å². The first-order chi connectivity index (χ1) is 18.0. The van der Waals surface area contributed by atoms with Crippen LogP contribution in [0.25, 0.3) is 6.08 Å². The maximum atomic E-state index is 13.2. The van der Waals surface area contributed by atoms with Crippen molar-refractivity contribution >= 4 is 17.9 Å². The smallest absolute Gasteiger partial charge is 0.267 e. The van der Waals surface area contributed by atoms with Crippen molar-refractivity contribution in [3.63, 3.8) is 0 Å². The van der Waals surface area contributed by atoms with Crippen molar-refractivity contribution in [2.45, 2.75) is 19.4 Å². The average molecular weight is 499 g/mol. The third kappa shape index (κ3) is 6.38. The normalized spacial score (nSPS) is 14.5. The van der Waals surface area contributed by atoms with E-state index in [1.807, 2.05) is 61.5 Å². The number of nitrogens with one attached hydrogen (secondary N) is 2. The Morgan fingerprint density at radius 3 is 2.43 bits per heavy atom. The fourth-order valence-corrected chi connectivity index (χ4v) is 3.98. The maximum Gasteiger partial charge on any atom is 0.267 e. The number of fused-ring (bicyclic) bond motifs is 1. The summed E-state index contributed by atoms with van der Waals surface area (Å²) in [4.78, 5) is 26.1.